The van der Waals surface area contributed by atoms with E-state index in [2.05, 4.69) is 10.3 Å². The summed E-state index contributed by atoms with van der Waals surface area (Å²) in [6.07, 6.45) is 1.49. The summed E-state index contributed by atoms with van der Waals surface area (Å²) in [7, 11) is 0. The molecule has 7 heteroatoms. The summed E-state index contributed by atoms with van der Waals surface area (Å²) in [5.74, 6) is -0.736. The van der Waals surface area contributed by atoms with Gasteiger partial charge in [-0.1, -0.05) is 18.2 Å². The topological polar surface area (TPSA) is 92.5 Å². The first-order valence-corrected chi connectivity index (χ1v) is 9.71. The lowest BCUT2D eigenvalue weighted by Gasteiger charge is -2.11. The molecule has 0 atom stereocenters. The van der Waals surface area contributed by atoms with E-state index in [1.54, 1.807) is 24.3 Å². The van der Waals surface area contributed by atoms with E-state index < -0.39 is 11.8 Å². The molecule has 3 amide bonds. The Kier molecular flexibility index (Phi) is 4.36. The minimum atomic E-state index is -0.450. The van der Waals surface area contributed by atoms with E-state index in [1.165, 1.54) is 18.4 Å². The predicted molar refractivity (Wildman–Crippen MR) is 114 cm³/mol. The Hall–Kier alpha value is -4.26. The van der Waals surface area contributed by atoms with Crippen molar-refractivity contribution in [2.24, 2.45) is 0 Å². The van der Waals surface area contributed by atoms with E-state index in [9.17, 15) is 14.4 Å². The second-order valence-corrected chi connectivity index (χ2v) is 7.32. The average Bonchev–Trinajstić information content (AvgIpc) is 3.37. The molecule has 0 saturated heterocycles. The van der Waals surface area contributed by atoms with Gasteiger partial charge in [0.05, 0.1) is 35.1 Å². The Bertz CT molecular complexity index is 1360. The number of anilines is 1. The molecule has 0 bridgehead atoms. The molecule has 0 radical (unpaired) electrons. The van der Waals surface area contributed by atoms with Crippen molar-refractivity contribution < 1.29 is 18.8 Å². The van der Waals surface area contributed by atoms with Gasteiger partial charge in [-0.15, -0.1) is 0 Å². The molecule has 7 nitrogen and oxygen atoms in total. The highest BCUT2D eigenvalue weighted by molar-refractivity contribution is 6.22. The van der Waals surface area contributed by atoms with Gasteiger partial charge in [-0.3, -0.25) is 24.3 Å². The van der Waals surface area contributed by atoms with Crippen LogP contribution in [0.4, 0.5) is 5.69 Å². The number of fused-ring (bicyclic) bond motifs is 2. The highest BCUT2D eigenvalue weighted by Gasteiger charge is 2.36. The Morgan fingerprint density at radius 3 is 2.65 bits per heavy atom. The van der Waals surface area contributed by atoms with Gasteiger partial charge >= 0.3 is 0 Å². The summed E-state index contributed by atoms with van der Waals surface area (Å²) in [5, 5.41) is 3.78. The number of aryl methyl sites for hydroxylation is 1. The lowest BCUT2D eigenvalue weighted by molar-refractivity contribution is 0.0631. The van der Waals surface area contributed by atoms with Crippen molar-refractivity contribution in [3.63, 3.8) is 0 Å². The molecular weight excluding hydrogens is 394 g/mol. The molecule has 0 saturated carbocycles. The van der Waals surface area contributed by atoms with Crippen LogP contribution in [-0.2, 0) is 6.54 Å². The SMILES string of the molecule is Cc1ccc2cccc(NC(=O)c3ccc4c(c3)C(=O)N(Cc3ccco3)C4=O)c2n1. The molecule has 2 aromatic heterocycles. The van der Waals surface area contributed by atoms with Gasteiger partial charge in [0, 0.05) is 16.6 Å². The van der Waals surface area contributed by atoms with Crippen molar-refractivity contribution in [3.05, 3.63) is 95.1 Å². The molecule has 0 spiro atoms. The second-order valence-electron chi connectivity index (χ2n) is 7.32. The van der Waals surface area contributed by atoms with Gasteiger partial charge in [-0.2, -0.15) is 0 Å². The van der Waals surface area contributed by atoms with Crippen LogP contribution in [0.1, 0.15) is 42.5 Å². The largest absolute Gasteiger partial charge is 0.467 e. The van der Waals surface area contributed by atoms with E-state index >= 15 is 0 Å². The number of para-hydroxylation sites is 1. The number of pyridine rings is 1. The van der Waals surface area contributed by atoms with E-state index in [1.807, 2.05) is 31.2 Å². The average molecular weight is 411 g/mol. The van der Waals surface area contributed by atoms with Crippen LogP contribution < -0.4 is 5.32 Å². The van der Waals surface area contributed by atoms with Crippen LogP contribution in [0.5, 0.6) is 0 Å². The van der Waals surface area contributed by atoms with Crippen molar-refractivity contribution in [2.45, 2.75) is 13.5 Å². The number of furan rings is 1. The molecule has 1 aliphatic rings. The maximum atomic E-state index is 12.9. The number of imide groups is 1. The van der Waals surface area contributed by atoms with Crippen molar-refractivity contribution >= 4 is 34.3 Å². The molecule has 1 aliphatic heterocycles. The standard InChI is InChI=1S/C24H17N3O4/c1-14-7-8-15-4-2-6-20(21(15)25-14)26-22(28)16-9-10-18-19(12-16)24(30)27(23(18)29)13-17-5-3-11-31-17/h2-12H,13H2,1H3,(H,26,28). The maximum Gasteiger partial charge on any atom is 0.261 e. The lowest BCUT2D eigenvalue weighted by atomic mass is 10.0. The zero-order valence-corrected chi connectivity index (χ0v) is 16.6. The zero-order valence-electron chi connectivity index (χ0n) is 16.6. The van der Waals surface area contributed by atoms with Crippen LogP contribution in [-0.4, -0.2) is 27.6 Å². The number of aromatic nitrogens is 1. The molecule has 3 heterocycles. The third kappa shape index (κ3) is 3.26. The first-order chi connectivity index (χ1) is 15.0. The molecule has 2 aromatic carbocycles. The summed E-state index contributed by atoms with van der Waals surface area (Å²) in [6.45, 7) is 1.93. The van der Waals surface area contributed by atoms with Crippen molar-refractivity contribution in [1.29, 1.82) is 0 Å². The van der Waals surface area contributed by atoms with Gasteiger partial charge in [0.2, 0.25) is 0 Å². The molecular formula is C24H17N3O4. The summed E-state index contributed by atoms with van der Waals surface area (Å²) in [5.41, 5.74) is 2.87. The van der Waals surface area contributed by atoms with E-state index in [4.69, 9.17) is 4.42 Å². The minimum absolute atomic E-state index is 0.0436. The number of hydrogen-bond donors (Lipinski definition) is 1. The van der Waals surface area contributed by atoms with Crippen molar-refractivity contribution in [3.8, 4) is 0 Å². The monoisotopic (exact) mass is 411 g/mol. The van der Waals surface area contributed by atoms with Gasteiger partial charge < -0.3 is 9.73 Å². The van der Waals surface area contributed by atoms with Crippen LogP contribution in [0, 0.1) is 6.92 Å². The predicted octanol–water partition coefficient (Wildman–Crippen LogP) is 4.18. The Balaban J connectivity index is 1.43. The van der Waals surface area contributed by atoms with Crippen molar-refractivity contribution in [2.75, 3.05) is 5.32 Å². The van der Waals surface area contributed by atoms with E-state index in [-0.39, 0.29) is 29.1 Å². The smallest absolute Gasteiger partial charge is 0.261 e. The van der Waals surface area contributed by atoms with Gasteiger partial charge in [0.15, 0.2) is 0 Å². The first-order valence-electron chi connectivity index (χ1n) is 9.71. The zero-order chi connectivity index (χ0) is 21.5. The summed E-state index contributed by atoms with van der Waals surface area (Å²) in [6, 6.07) is 17.3. The van der Waals surface area contributed by atoms with Crippen molar-refractivity contribution in [1.82, 2.24) is 9.88 Å². The molecule has 152 valence electrons. The first kappa shape index (κ1) is 18.7. The minimum Gasteiger partial charge on any atom is -0.467 e. The highest BCUT2D eigenvalue weighted by Crippen LogP contribution is 2.27. The molecule has 1 N–H and O–H groups in total. The lowest BCUT2D eigenvalue weighted by Crippen LogP contribution is -2.28. The Morgan fingerprint density at radius 2 is 1.84 bits per heavy atom. The number of benzene rings is 2. The van der Waals surface area contributed by atoms with Gasteiger partial charge in [0.1, 0.15) is 5.76 Å². The van der Waals surface area contributed by atoms with Crippen LogP contribution in [0.2, 0.25) is 0 Å². The number of carbonyl (C=O) groups is 3. The summed E-state index contributed by atoms with van der Waals surface area (Å²) in [4.78, 5) is 44.0. The third-order valence-electron chi connectivity index (χ3n) is 5.23. The normalized spacial score (nSPS) is 13.0. The molecule has 0 aliphatic carbocycles. The molecule has 0 unspecified atom stereocenters. The summed E-state index contributed by atoms with van der Waals surface area (Å²) < 4.78 is 5.25. The fourth-order valence-electron chi connectivity index (χ4n) is 3.67. The van der Waals surface area contributed by atoms with Crippen LogP contribution in [0.3, 0.4) is 0 Å². The molecule has 0 fully saturated rings. The van der Waals surface area contributed by atoms with E-state index in [0.29, 0.717) is 17.0 Å². The van der Waals surface area contributed by atoms with E-state index in [0.717, 1.165) is 16.0 Å². The summed E-state index contributed by atoms with van der Waals surface area (Å²) >= 11 is 0. The number of carbonyl (C=O) groups excluding carboxylic acids is 3. The Morgan fingerprint density at radius 1 is 1.00 bits per heavy atom. The fraction of sp³-hybridized carbons (Fsp3) is 0.0833. The van der Waals surface area contributed by atoms with Crippen LogP contribution in [0.15, 0.2) is 71.3 Å². The maximum absolute atomic E-state index is 12.9. The number of nitrogens with one attached hydrogen (secondary N) is 1. The molecule has 31 heavy (non-hydrogen) atoms. The van der Waals surface area contributed by atoms with Crippen LogP contribution >= 0.6 is 0 Å². The van der Waals surface area contributed by atoms with Crippen LogP contribution in [0.25, 0.3) is 10.9 Å². The number of amides is 3. The van der Waals surface area contributed by atoms with Gasteiger partial charge in [-0.05, 0) is 49.4 Å². The molecule has 5 rings (SSSR count). The number of nitrogens with zero attached hydrogens (tertiary/aromatic N) is 2. The Labute approximate surface area is 177 Å². The third-order valence-corrected chi connectivity index (χ3v) is 5.23. The highest BCUT2D eigenvalue weighted by atomic mass is 16.3. The van der Waals surface area contributed by atoms with Gasteiger partial charge in [0.25, 0.3) is 17.7 Å². The quantitative estimate of drug-likeness (QED) is 0.509. The molecule has 4 aromatic rings. The number of hydrogen-bond acceptors (Lipinski definition) is 5. The van der Waals surface area contributed by atoms with Gasteiger partial charge in [-0.25, -0.2) is 0 Å². The number of rotatable bonds is 4. The second kappa shape index (κ2) is 7.21. The fourth-order valence-corrected chi connectivity index (χ4v) is 3.67.